The Balaban J connectivity index is 0.000001000. The average Bonchev–Trinajstić information content (AvgIpc) is 2.13. The molecular weight excluding hydrogens is 186 g/mol. The summed E-state index contributed by atoms with van der Waals surface area (Å²) in [6, 6.07) is 0. The molecule has 3 N–H and O–H groups in total. The first-order valence-corrected chi connectivity index (χ1v) is 3.88. The van der Waals surface area contributed by atoms with Crippen molar-refractivity contribution in [2.45, 2.75) is 12.5 Å². The van der Waals surface area contributed by atoms with Crippen molar-refractivity contribution in [3.8, 4) is 0 Å². The molecule has 3 nitrogen and oxygen atoms in total. The number of aliphatic carboxylic acids is 1. The van der Waals surface area contributed by atoms with Gasteiger partial charge in [-0.15, -0.1) is 24.2 Å². The fourth-order valence-corrected chi connectivity index (χ4v) is 1.77. The van der Waals surface area contributed by atoms with Crippen molar-refractivity contribution in [2.75, 3.05) is 5.75 Å². The van der Waals surface area contributed by atoms with E-state index < -0.39 is 11.5 Å². The zero-order valence-corrected chi connectivity index (χ0v) is 7.67. The summed E-state index contributed by atoms with van der Waals surface area (Å²) in [7, 11) is 0. The van der Waals surface area contributed by atoms with Crippen LogP contribution in [0, 0.1) is 0 Å². The van der Waals surface area contributed by atoms with Crippen LogP contribution in [0.2, 0.25) is 0 Å². The van der Waals surface area contributed by atoms with E-state index in [9.17, 15) is 4.79 Å². The molecule has 0 radical (unpaired) electrons. The lowest BCUT2D eigenvalue weighted by Crippen LogP contribution is -2.46. The predicted molar refractivity (Wildman–Crippen MR) is 48.0 cm³/mol. The molecule has 0 aromatic rings. The third kappa shape index (κ3) is 2.12. The van der Waals surface area contributed by atoms with Crippen LogP contribution in [0.25, 0.3) is 0 Å². The Kier molecular flexibility index (Phi) is 3.41. The summed E-state index contributed by atoms with van der Waals surface area (Å²) in [4.78, 5) is 11.5. The highest BCUT2D eigenvalue weighted by molar-refractivity contribution is 8.03. The number of carboxylic acids is 1. The monoisotopic (exact) mass is 195 g/mol. The van der Waals surface area contributed by atoms with Crippen molar-refractivity contribution in [2.24, 2.45) is 5.73 Å². The van der Waals surface area contributed by atoms with Crippen molar-refractivity contribution in [1.29, 1.82) is 0 Å². The van der Waals surface area contributed by atoms with Gasteiger partial charge in [0.1, 0.15) is 5.54 Å². The molecule has 1 aliphatic rings. The third-order valence-electron chi connectivity index (χ3n) is 1.40. The maximum absolute atomic E-state index is 10.5. The lowest BCUT2D eigenvalue weighted by molar-refractivity contribution is -0.140. The Bertz CT molecular complexity index is 207. The van der Waals surface area contributed by atoms with Gasteiger partial charge < -0.3 is 10.8 Å². The molecule has 0 amide bonds. The number of rotatable bonds is 1. The Morgan fingerprint density at radius 3 is 2.64 bits per heavy atom. The minimum Gasteiger partial charge on any atom is -0.480 e. The van der Waals surface area contributed by atoms with E-state index in [0.717, 1.165) is 4.91 Å². The first-order chi connectivity index (χ1) is 4.54. The molecule has 1 rings (SSSR count). The van der Waals surface area contributed by atoms with Crippen LogP contribution in [0.3, 0.4) is 0 Å². The molecule has 0 aromatic heterocycles. The number of halogens is 1. The van der Waals surface area contributed by atoms with E-state index in [1.54, 1.807) is 6.08 Å². The molecule has 1 heterocycles. The summed E-state index contributed by atoms with van der Waals surface area (Å²) in [5, 5.41) is 8.61. The van der Waals surface area contributed by atoms with Gasteiger partial charge in [-0.1, -0.05) is 0 Å². The summed E-state index contributed by atoms with van der Waals surface area (Å²) >= 11 is 1.49. The van der Waals surface area contributed by atoms with Gasteiger partial charge in [-0.05, 0) is 17.9 Å². The van der Waals surface area contributed by atoms with Gasteiger partial charge in [0.25, 0.3) is 0 Å². The molecule has 11 heavy (non-hydrogen) atoms. The molecule has 0 saturated carbocycles. The zero-order chi connectivity index (χ0) is 7.78. The minimum absolute atomic E-state index is 0. The van der Waals surface area contributed by atoms with Crippen molar-refractivity contribution in [3.05, 3.63) is 11.0 Å². The Hall–Kier alpha value is -0.190. The van der Waals surface area contributed by atoms with Gasteiger partial charge in [-0.25, -0.2) is 4.79 Å². The van der Waals surface area contributed by atoms with Crippen LogP contribution in [0.15, 0.2) is 11.0 Å². The summed E-state index contributed by atoms with van der Waals surface area (Å²) < 4.78 is 0. The van der Waals surface area contributed by atoms with Crippen LogP contribution >= 0.6 is 24.2 Å². The van der Waals surface area contributed by atoms with Gasteiger partial charge in [-0.3, -0.25) is 0 Å². The molecular formula is C6H10ClNO2S. The van der Waals surface area contributed by atoms with Crippen molar-refractivity contribution < 1.29 is 9.90 Å². The topological polar surface area (TPSA) is 63.3 Å². The standard InChI is InChI=1S/C6H9NO2S.ClH/c1-4-2-6(7,3-10-4)5(8)9;/h2H,3,7H2,1H3,(H,8,9);1H. The van der Waals surface area contributed by atoms with E-state index in [2.05, 4.69) is 0 Å². The van der Waals surface area contributed by atoms with Crippen molar-refractivity contribution in [1.82, 2.24) is 0 Å². The number of carboxylic acid groups (broad SMARTS) is 1. The van der Waals surface area contributed by atoms with Crippen LogP contribution < -0.4 is 5.73 Å². The highest BCUT2D eigenvalue weighted by Gasteiger charge is 2.35. The Labute approximate surface area is 75.4 Å². The second kappa shape index (κ2) is 3.47. The van der Waals surface area contributed by atoms with E-state index in [1.165, 1.54) is 11.8 Å². The lowest BCUT2D eigenvalue weighted by Gasteiger charge is -2.13. The first-order valence-electron chi connectivity index (χ1n) is 2.89. The van der Waals surface area contributed by atoms with Crippen LogP contribution in [0.5, 0.6) is 0 Å². The van der Waals surface area contributed by atoms with E-state index in [0.29, 0.717) is 5.75 Å². The van der Waals surface area contributed by atoms with Gasteiger partial charge >= 0.3 is 5.97 Å². The molecule has 64 valence electrons. The summed E-state index contributed by atoms with van der Waals surface area (Å²) in [6.45, 7) is 1.86. The minimum atomic E-state index is -1.12. The third-order valence-corrected chi connectivity index (χ3v) is 2.59. The molecule has 0 aliphatic carbocycles. The highest BCUT2D eigenvalue weighted by Crippen LogP contribution is 2.29. The predicted octanol–water partition coefficient (Wildman–Crippen LogP) is 0.841. The number of carbonyl (C=O) groups is 1. The van der Waals surface area contributed by atoms with E-state index in [1.807, 2.05) is 6.92 Å². The average molecular weight is 196 g/mol. The maximum Gasteiger partial charge on any atom is 0.328 e. The normalized spacial score (nSPS) is 29.1. The van der Waals surface area contributed by atoms with Crippen LogP contribution in [-0.4, -0.2) is 22.4 Å². The summed E-state index contributed by atoms with van der Waals surface area (Å²) in [5.41, 5.74) is 4.38. The number of hydrogen-bond acceptors (Lipinski definition) is 3. The maximum atomic E-state index is 10.5. The molecule has 0 spiro atoms. The largest absolute Gasteiger partial charge is 0.480 e. The quantitative estimate of drug-likeness (QED) is 0.651. The molecule has 1 aliphatic heterocycles. The van der Waals surface area contributed by atoms with Crippen LogP contribution in [0.4, 0.5) is 0 Å². The van der Waals surface area contributed by atoms with Gasteiger partial charge in [0.05, 0.1) is 0 Å². The second-order valence-electron chi connectivity index (χ2n) is 2.39. The van der Waals surface area contributed by atoms with Crippen molar-refractivity contribution in [3.63, 3.8) is 0 Å². The first kappa shape index (κ1) is 10.8. The number of thioether (sulfide) groups is 1. The molecule has 0 saturated heterocycles. The molecule has 1 atom stereocenters. The molecule has 0 bridgehead atoms. The summed E-state index contributed by atoms with van der Waals surface area (Å²) in [5.74, 6) is -0.495. The van der Waals surface area contributed by atoms with Crippen LogP contribution in [0.1, 0.15) is 6.92 Å². The molecule has 1 unspecified atom stereocenters. The molecule has 0 fully saturated rings. The second-order valence-corrected chi connectivity index (χ2v) is 3.61. The van der Waals surface area contributed by atoms with E-state index >= 15 is 0 Å². The number of nitrogens with two attached hydrogens (primary N) is 1. The van der Waals surface area contributed by atoms with Crippen LogP contribution in [-0.2, 0) is 4.79 Å². The number of hydrogen-bond donors (Lipinski definition) is 2. The summed E-state index contributed by atoms with van der Waals surface area (Å²) in [6.07, 6.45) is 1.60. The lowest BCUT2D eigenvalue weighted by atomic mass is 10.0. The molecule has 0 aromatic carbocycles. The van der Waals surface area contributed by atoms with Crippen molar-refractivity contribution >= 4 is 30.1 Å². The highest BCUT2D eigenvalue weighted by atomic mass is 35.5. The zero-order valence-electron chi connectivity index (χ0n) is 6.03. The Morgan fingerprint density at radius 1 is 1.91 bits per heavy atom. The fourth-order valence-electron chi connectivity index (χ4n) is 0.803. The molecule has 5 heteroatoms. The van der Waals surface area contributed by atoms with Gasteiger partial charge in [0, 0.05) is 5.75 Å². The number of allylic oxidation sites excluding steroid dienone is 1. The van der Waals surface area contributed by atoms with Gasteiger partial charge in [-0.2, -0.15) is 0 Å². The SMILES string of the molecule is CC1=CC(N)(C(=O)O)CS1.Cl. The smallest absolute Gasteiger partial charge is 0.328 e. The fraction of sp³-hybridized carbons (Fsp3) is 0.500. The van der Waals surface area contributed by atoms with E-state index in [-0.39, 0.29) is 12.4 Å². The Morgan fingerprint density at radius 2 is 2.45 bits per heavy atom. The van der Waals surface area contributed by atoms with Gasteiger partial charge in [0.15, 0.2) is 0 Å². The van der Waals surface area contributed by atoms with E-state index in [4.69, 9.17) is 10.8 Å². The van der Waals surface area contributed by atoms with Gasteiger partial charge in [0.2, 0.25) is 0 Å².